The van der Waals surface area contributed by atoms with E-state index in [0.29, 0.717) is 12.3 Å². The molecule has 0 bridgehead atoms. The molecule has 7 nitrogen and oxygen atoms in total. The molecule has 0 aliphatic carbocycles. The van der Waals surface area contributed by atoms with Gasteiger partial charge in [-0.05, 0) is 19.4 Å². The minimum atomic E-state index is 0.207. The maximum Gasteiger partial charge on any atom is 0.223 e. The summed E-state index contributed by atoms with van der Waals surface area (Å²) in [5.74, 6) is 1.62. The van der Waals surface area contributed by atoms with E-state index in [0.717, 1.165) is 57.9 Å². The van der Waals surface area contributed by atoms with Gasteiger partial charge in [0.2, 0.25) is 11.8 Å². The van der Waals surface area contributed by atoms with Gasteiger partial charge in [0, 0.05) is 46.1 Å². The Hall–Kier alpha value is -1.47. The average Bonchev–Trinajstić information content (AvgIpc) is 3.14. The van der Waals surface area contributed by atoms with Gasteiger partial charge in [0.05, 0.1) is 6.04 Å². The van der Waals surface area contributed by atoms with Gasteiger partial charge in [-0.1, -0.05) is 5.16 Å². The Balaban J connectivity index is 1.53. The predicted molar refractivity (Wildman–Crippen MR) is 76.6 cm³/mol. The summed E-state index contributed by atoms with van der Waals surface area (Å²) in [6, 6.07) is 0.207. The quantitative estimate of drug-likeness (QED) is 0.863. The molecule has 1 N–H and O–H groups in total. The van der Waals surface area contributed by atoms with Crippen molar-refractivity contribution in [2.24, 2.45) is 0 Å². The number of amides is 1. The van der Waals surface area contributed by atoms with E-state index < -0.39 is 0 Å². The van der Waals surface area contributed by atoms with Crippen molar-refractivity contribution < 1.29 is 9.32 Å². The molecule has 0 aromatic carbocycles. The minimum Gasteiger partial charge on any atom is -0.340 e. The Kier molecular flexibility index (Phi) is 4.50. The number of carbonyl (C=O) groups is 1. The van der Waals surface area contributed by atoms with E-state index in [1.54, 1.807) is 0 Å². The number of piperazine rings is 1. The molecule has 1 amide bonds. The highest BCUT2D eigenvalue weighted by atomic mass is 16.5. The maximum absolute atomic E-state index is 12.2. The first-order chi connectivity index (χ1) is 10.2. The van der Waals surface area contributed by atoms with E-state index in [-0.39, 0.29) is 11.9 Å². The van der Waals surface area contributed by atoms with Crippen LogP contribution in [0.25, 0.3) is 0 Å². The van der Waals surface area contributed by atoms with Crippen LogP contribution in [-0.4, -0.2) is 65.1 Å². The van der Waals surface area contributed by atoms with Crippen LogP contribution in [0.2, 0.25) is 0 Å². The van der Waals surface area contributed by atoms with Crippen LogP contribution in [0.15, 0.2) is 4.52 Å². The van der Waals surface area contributed by atoms with Gasteiger partial charge in [0.1, 0.15) is 0 Å². The van der Waals surface area contributed by atoms with E-state index in [2.05, 4.69) is 20.4 Å². The molecule has 3 rings (SSSR count). The number of carbonyl (C=O) groups excluding carboxylic acids is 1. The third-order valence-electron chi connectivity index (χ3n) is 4.29. The lowest BCUT2D eigenvalue weighted by Gasteiger charge is -2.29. The Morgan fingerprint density at radius 1 is 1.38 bits per heavy atom. The first kappa shape index (κ1) is 14.5. The van der Waals surface area contributed by atoms with Crippen LogP contribution in [0.4, 0.5) is 0 Å². The SMILES string of the molecule is Cc1nc(C2CCCN2CCC(=O)N2CCNCC2)no1. The molecule has 0 saturated carbocycles. The summed E-state index contributed by atoms with van der Waals surface area (Å²) < 4.78 is 5.08. The van der Waals surface area contributed by atoms with Crippen molar-refractivity contribution in [2.75, 3.05) is 39.3 Å². The topological polar surface area (TPSA) is 74.5 Å². The van der Waals surface area contributed by atoms with Crippen molar-refractivity contribution in [2.45, 2.75) is 32.2 Å². The number of rotatable bonds is 4. The summed E-state index contributed by atoms with van der Waals surface area (Å²) in [4.78, 5) is 20.8. The Morgan fingerprint density at radius 2 is 2.19 bits per heavy atom. The zero-order chi connectivity index (χ0) is 14.7. The van der Waals surface area contributed by atoms with Crippen LogP contribution < -0.4 is 5.32 Å². The molecule has 3 heterocycles. The van der Waals surface area contributed by atoms with Gasteiger partial charge in [-0.15, -0.1) is 0 Å². The molecule has 2 fully saturated rings. The van der Waals surface area contributed by atoms with Gasteiger partial charge in [-0.2, -0.15) is 4.98 Å². The molecule has 1 unspecified atom stereocenters. The van der Waals surface area contributed by atoms with Gasteiger partial charge in [-0.25, -0.2) is 0 Å². The first-order valence-electron chi connectivity index (χ1n) is 7.77. The number of aryl methyl sites for hydroxylation is 1. The second-order valence-corrected chi connectivity index (χ2v) is 5.75. The predicted octanol–water partition coefficient (Wildman–Crippen LogP) is 0.337. The Labute approximate surface area is 124 Å². The number of nitrogens with zero attached hydrogens (tertiary/aromatic N) is 4. The molecular weight excluding hydrogens is 270 g/mol. The number of nitrogens with one attached hydrogen (secondary N) is 1. The zero-order valence-corrected chi connectivity index (χ0v) is 12.5. The third kappa shape index (κ3) is 3.41. The highest BCUT2D eigenvalue weighted by molar-refractivity contribution is 5.76. The molecule has 7 heteroatoms. The van der Waals surface area contributed by atoms with Crippen molar-refractivity contribution in [3.63, 3.8) is 0 Å². The number of hydrogen-bond donors (Lipinski definition) is 1. The molecular formula is C14H23N5O2. The highest BCUT2D eigenvalue weighted by Gasteiger charge is 2.30. The smallest absolute Gasteiger partial charge is 0.223 e. The first-order valence-corrected chi connectivity index (χ1v) is 7.77. The van der Waals surface area contributed by atoms with Crippen molar-refractivity contribution in [1.82, 2.24) is 25.3 Å². The zero-order valence-electron chi connectivity index (χ0n) is 12.5. The van der Waals surface area contributed by atoms with E-state index in [4.69, 9.17) is 4.52 Å². The van der Waals surface area contributed by atoms with Crippen LogP contribution >= 0.6 is 0 Å². The maximum atomic E-state index is 12.2. The van der Waals surface area contributed by atoms with Crippen molar-refractivity contribution in [3.8, 4) is 0 Å². The summed E-state index contributed by atoms with van der Waals surface area (Å²) in [6.45, 7) is 7.05. The Bertz CT molecular complexity index is 483. The fourth-order valence-corrected chi connectivity index (χ4v) is 3.15. The van der Waals surface area contributed by atoms with Gasteiger partial charge in [0.25, 0.3) is 0 Å². The fraction of sp³-hybridized carbons (Fsp3) is 0.786. The van der Waals surface area contributed by atoms with Crippen molar-refractivity contribution >= 4 is 5.91 Å². The summed E-state index contributed by atoms with van der Waals surface area (Å²) in [6.07, 6.45) is 2.74. The normalized spacial score (nSPS) is 23.7. The van der Waals surface area contributed by atoms with E-state index in [9.17, 15) is 4.79 Å². The molecule has 116 valence electrons. The average molecular weight is 293 g/mol. The number of hydrogen-bond acceptors (Lipinski definition) is 6. The highest BCUT2D eigenvalue weighted by Crippen LogP contribution is 2.30. The molecule has 21 heavy (non-hydrogen) atoms. The van der Waals surface area contributed by atoms with Gasteiger partial charge >= 0.3 is 0 Å². The molecule has 2 saturated heterocycles. The molecule has 2 aliphatic rings. The van der Waals surface area contributed by atoms with Crippen LogP contribution in [0, 0.1) is 6.92 Å². The second-order valence-electron chi connectivity index (χ2n) is 5.75. The molecule has 0 radical (unpaired) electrons. The lowest BCUT2D eigenvalue weighted by atomic mass is 10.2. The molecule has 1 atom stereocenters. The molecule has 2 aliphatic heterocycles. The molecule has 1 aromatic heterocycles. The molecule has 1 aromatic rings. The van der Waals surface area contributed by atoms with Gasteiger partial charge < -0.3 is 14.7 Å². The lowest BCUT2D eigenvalue weighted by Crippen LogP contribution is -2.47. The number of likely N-dealkylation sites (tertiary alicyclic amines) is 1. The largest absolute Gasteiger partial charge is 0.340 e. The summed E-state index contributed by atoms with van der Waals surface area (Å²) >= 11 is 0. The van der Waals surface area contributed by atoms with Gasteiger partial charge in [-0.3, -0.25) is 9.69 Å². The second kappa shape index (κ2) is 6.53. The lowest BCUT2D eigenvalue weighted by molar-refractivity contribution is -0.132. The van der Waals surface area contributed by atoms with E-state index in [1.165, 1.54) is 0 Å². The van der Waals surface area contributed by atoms with Gasteiger partial charge in [0.15, 0.2) is 5.82 Å². The fourth-order valence-electron chi connectivity index (χ4n) is 3.15. The van der Waals surface area contributed by atoms with E-state index >= 15 is 0 Å². The monoisotopic (exact) mass is 293 g/mol. The summed E-state index contributed by atoms with van der Waals surface area (Å²) in [5, 5.41) is 7.30. The van der Waals surface area contributed by atoms with Crippen LogP contribution in [-0.2, 0) is 4.79 Å². The minimum absolute atomic E-state index is 0.207. The van der Waals surface area contributed by atoms with E-state index in [1.807, 2.05) is 11.8 Å². The van der Waals surface area contributed by atoms with Crippen molar-refractivity contribution in [3.05, 3.63) is 11.7 Å². The molecule has 0 spiro atoms. The third-order valence-corrected chi connectivity index (χ3v) is 4.29. The standard InChI is InChI=1S/C14H23N5O2/c1-11-16-14(17-21-11)12-3-2-7-18(12)8-4-13(20)19-9-5-15-6-10-19/h12,15H,2-10H2,1H3. The van der Waals surface area contributed by atoms with Crippen LogP contribution in [0.1, 0.15) is 37.0 Å². The van der Waals surface area contributed by atoms with Crippen molar-refractivity contribution in [1.29, 1.82) is 0 Å². The van der Waals surface area contributed by atoms with Crippen LogP contribution in [0.3, 0.4) is 0 Å². The summed E-state index contributed by atoms with van der Waals surface area (Å²) in [5.41, 5.74) is 0. The van der Waals surface area contributed by atoms with Crippen LogP contribution in [0.5, 0.6) is 0 Å². The summed E-state index contributed by atoms with van der Waals surface area (Å²) in [7, 11) is 0. The Morgan fingerprint density at radius 3 is 2.90 bits per heavy atom. The number of aromatic nitrogens is 2.